The molecule has 5 nitrogen and oxygen atoms in total. The van der Waals surface area contributed by atoms with Gasteiger partial charge in [-0.05, 0) is 49.1 Å². The van der Waals surface area contributed by atoms with Crippen LogP contribution in [0.2, 0.25) is 0 Å². The van der Waals surface area contributed by atoms with Gasteiger partial charge in [0.05, 0.1) is 18.8 Å². The van der Waals surface area contributed by atoms with Gasteiger partial charge in [-0.3, -0.25) is 4.79 Å². The fourth-order valence-corrected chi connectivity index (χ4v) is 4.26. The summed E-state index contributed by atoms with van der Waals surface area (Å²) < 4.78 is 21.0. The number of morpholine rings is 1. The predicted molar refractivity (Wildman–Crippen MR) is 107 cm³/mol. The highest BCUT2D eigenvalue weighted by Gasteiger charge is 2.32. The molecule has 1 fully saturated rings. The minimum Gasteiger partial charge on any atom is -0.370 e. The van der Waals surface area contributed by atoms with Gasteiger partial charge >= 0.3 is 0 Å². The molecule has 2 aromatic carbocycles. The molecule has 1 saturated heterocycles. The molecule has 0 saturated carbocycles. The molecule has 2 heterocycles. The van der Waals surface area contributed by atoms with E-state index in [1.165, 1.54) is 12.1 Å². The first kappa shape index (κ1) is 18.1. The number of hydrogen-bond acceptors (Lipinski definition) is 3. The van der Waals surface area contributed by atoms with E-state index in [1.54, 1.807) is 12.1 Å². The van der Waals surface area contributed by atoms with Crippen molar-refractivity contribution in [2.75, 3.05) is 19.7 Å². The lowest BCUT2D eigenvalue weighted by Crippen LogP contribution is -2.42. The van der Waals surface area contributed by atoms with Crippen molar-refractivity contribution in [1.29, 1.82) is 0 Å². The molecular weight excluding hydrogens is 369 g/mol. The predicted octanol–water partition coefficient (Wildman–Crippen LogP) is 3.71. The van der Waals surface area contributed by atoms with Gasteiger partial charge in [-0.15, -0.1) is 0 Å². The number of ether oxygens (including phenoxy) is 1. The van der Waals surface area contributed by atoms with Crippen LogP contribution in [0.15, 0.2) is 54.6 Å². The topological polar surface area (TPSA) is 47.4 Å². The number of carbonyl (C=O) groups is 1. The summed E-state index contributed by atoms with van der Waals surface area (Å²) in [6.07, 6.45) is 2.61. The number of aromatic nitrogens is 2. The monoisotopic (exact) mass is 391 g/mol. The Labute approximate surface area is 168 Å². The molecule has 5 rings (SSSR count). The minimum absolute atomic E-state index is 0.0479. The Balaban J connectivity index is 1.44. The number of amides is 1. The highest BCUT2D eigenvalue weighted by atomic mass is 19.1. The lowest BCUT2D eigenvalue weighted by Gasteiger charge is -2.33. The molecule has 0 radical (unpaired) electrons. The van der Waals surface area contributed by atoms with Gasteiger partial charge in [0, 0.05) is 17.8 Å². The maximum Gasteiger partial charge on any atom is 0.274 e. The van der Waals surface area contributed by atoms with Crippen molar-refractivity contribution in [3.05, 3.63) is 82.9 Å². The molecule has 29 heavy (non-hydrogen) atoms. The molecule has 0 bridgehead atoms. The number of carbonyl (C=O) groups excluding carboxylic acids is 1. The lowest BCUT2D eigenvalue weighted by molar-refractivity contribution is -0.0230. The Morgan fingerprint density at radius 3 is 2.66 bits per heavy atom. The first-order valence-electron chi connectivity index (χ1n) is 10.0. The maximum absolute atomic E-state index is 13.4. The Bertz CT molecular complexity index is 1030. The van der Waals surface area contributed by atoms with E-state index in [9.17, 15) is 9.18 Å². The molecule has 1 aromatic heterocycles. The standard InChI is InChI=1S/C23H22FN3O2/c24-17-9-11-18(12-10-17)27-20-8-4-7-19(20)22(25-27)23(28)26-13-14-29-21(15-26)16-5-2-1-3-6-16/h1-3,5-6,9-12,21H,4,7-8,13-15H2/t21-/m1/s1. The quantitative estimate of drug-likeness (QED) is 0.684. The van der Waals surface area contributed by atoms with Crippen molar-refractivity contribution in [2.24, 2.45) is 0 Å². The molecule has 6 heteroatoms. The van der Waals surface area contributed by atoms with Crippen LogP contribution in [0.5, 0.6) is 0 Å². The maximum atomic E-state index is 13.4. The molecule has 3 aromatic rings. The Morgan fingerprint density at radius 1 is 1.07 bits per heavy atom. The summed E-state index contributed by atoms with van der Waals surface area (Å²) in [5, 5.41) is 4.67. The van der Waals surface area contributed by atoms with Crippen LogP contribution in [0.1, 0.15) is 39.8 Å². The van der Waals surface area contributed by atoms with Gasteiger partial charge in [-0.25, -0.2) is 9.07 Å². The third kappa shape index (κ3) is 3.34. The smallest absolute Gasteiger partial charge is 0.274 e. The van der Waals surface area contributed by atoms with Crippen LogP contribution in [0.3, 0.4) is 0 Å². The summed E-state index contributed by atoms with van der Waals surface area (Å²) in [7, 11) is 0. The van der Waals surface area contributed by atoms with Crippen LogP contribution in [-0.4, -0.2) is 40.3 Å². The SMILES string of the molecule is O=C(c1nn(-c2ccc(F)cc2)c2c1CCC2)N1CCO[C@@H](c2ccccc2)C1. The average Bonchev–Trinajstić information content (AvgIpc) is 3.38. The highest BCUT2D eigenvalue weighted by Crippen LogP contribution is 2.30. The van der Waals surface area contributed by atoms with Crippen LogP contribution in [-0.2, 0) is 17.6 Å². The van der Waals surface area contributed by atoms with Crippen LogP contribution < -0.4 is 0 Å². The van der Waals surface area contributed by atoms with Crippen molar-refractivity contribution >= 4 is 5.91 Å². The van der Waals surface area contributed by atoms with E-state index in [1.807, 2.05) is 39.9 Å². The summed E-state index contributed by atoms with van der Waals surface area (Å²) in [6, 6.07) is 16.2. The van der Waals surface area contributed by atoms with E-state index in [4.69, 9.17) is 4.74 Å². The molecular formula is C23H22FN3O2. The van der Waals surface area contributed by atoms with Gasteiger partial charge < -0.3 is 9.64 Å². The minimum atomic E-state index is -0.283. The highest BCUT2D eigenvalue weighted by molar-refractivity contribution is 5.94. The first-order chi connectivity index (χ1) is 14.2. The lowest BCUT2D eigenvalue weighted by atomic mass is 10.1. The number of nitrogens with zero attached hydrogens (tertiary/aromatic N) is 3. The number of fused-ring (bicyclic) bond motifs is 1. The molecule has 0 N–H and O–H groups in total. The van der Waals surface area contributed by atoms with Crippen molar-refractivity contribution in [2.45, 2.75) is 25.4 Å². The second-order valence-corrected chi connectivity index (χ2v) is 7.54. The van der Waals surface area contributed by atoms with Crippen molar-refractivity contribution in [3.63, 3.8) is 0 Å². The molecule has 1 amide bonds. The summed E-state index contributed by atoms with van der Waals surface area (Å²) in [5.41, 5.74) is 4.48. The van der Waals surface area contributed by atoms with E-state index in [2.05, 4.69) is 5.10 Å². The molecule has 1 atom stereocenters. The Hall–Kier alpha value is -2.99. The molecule has 1 aliphatic carbocycles. The van der Waals surface area contributed by atoms with Crippen LogP contribution in [0.4, 0.5) is 4.39 Å². The fraction of sp³-hybridized carbons (Fsp3) is 0.304. The second kappa shape index (κ2) is 7.44. The Kier molecular flexibility index (Phi) is 4.64. The summed E-state index contributed by atoms with van der Waals surface area (Å²) in [5.74, 6) is -0.331. The number of halogens is 1. The van der Waals surface area contributed by atoms with Gasteiger partial charge in [0.25, 0.3) is 5.91 Å². The first-order valence-corrected chi connectivity index (χ1v) is 10.0. The van der Waals surface area contributed by atoms with Crippen molar-refractivity contribution in [3.8, 4) is 5.69 Å². The number of rotatable bonds is 3. The molecule has 2 aliphatic rings. The summed E-state index contributed by atoms with van der Waals surface area (Å²) in [4.78, 5) is 15.2. The van der Waals surface area contributed by atoms with Crippen LogP contribution in [0, 0.1) is 5.82 Å². The van der Waals surface area contributed by atoms with Crippen molar-refractivity contribution < 1.29 is 13.9 Å². The van der Waals surface area contributed by atoms with Gasteiger partial charge in [-0.1, -0.05) is 30.3 Å². The molecule has 1 aliphatic heterocycles. The zero-order valence-electron chi connectivity index (χ0n) is 16.1. The van der Waals surface area contributed by atoms with Gasteiger partial charge in [-0.2, -0.15) is 5.10 Å². The zero-order chi connectivity index (χ0) is 19.8. The third-order valence-corrected chi connectivity index (χ3v) is 5.73. The summed E-state index contributed by atoms with van der Waals surface area (Å²) >= 11 is 0. The van der Waals surface area contributed by atoms with Gasteiger partial charge in [0.1, 0.15) is 11.9 Å². The van der Waals surface area contributed by atoms with Crippen LogP contribution >= 0.6 is 0 Å². The number of benzene rings is 2. The molecule has 0 spiro atoms. The average molecular weight is 391 g/mol. The van der Waals surface area contributed by atoms with E-state index >= 15 is 0 Å². The second-order valence-electron chi connectivity index (χ2n) is 7.54. The molecule has 0 unspecified atom stereocenters. The van der Waals surface area contributed by atoms with E-state index in [-0.39, 0.29) is 17.8 Å². The zero-order valence-corrected chi connectivity index (χ0v) is 16.1. The van der Waals surface area contributed by atoms with E-state index in [0.717, 1.165) is 41.8 Å². The largest absolute Gasteiger partial charge is 0.370 e. The Morgan fingerprint density at radius 2 is 1.86 bits per heavy atom. The molecule has 148 valence electrons. The van der Waals surface area contributed by atoms with Gasteiger partial charge in [0.15, 0.2) is 5.69 Å². The van der Waals surface area contributed by atoms with E-state index in [0.29, 0.717) is 25.4 Å². The van der Waals surface area contributed by atoms with E-state index < -0.39 is 0 Å². The third-order valence-electron chi connectivity index (χ3n) is 5.73. The number of hydrogen-bond donors (Lipinski definition) is 0. The van der Waals surface area contributed by atoms with Gasteiger partial charge in [0.2, 0.25) is 0 Å². The fourth-order valence-electron chi connectivity index (χ4n) is 4.26. The normalized spacial score (nSPS) is 18.7. The van der Waals surface area contributed by atoms with Crippen molar-refractivity contribution in [1.82, 2.24) is 14.7 Å². The van der Waals surface area contributed by atoms with Crippen LogP contribution in [0.25, 0.3) is 5.69 Å². The summed E-state index contributed by atoms with van der Waals surface area (Å²) in [6.45, 7) is 1.58.